The molecule has 0 heterocycles. The van der Waals surface area contributed by atoms with Gasteiger partial charge in [-0.1, -0.05) is 6.42 Å². The predicted octanol–water partition coefficient (Wildman–Crippen LogP) is 2.22. The molecule has 1 N–H and O–H groups in total. The van der Waals surface area contributed by atoms with Crippen LogP contribution in [0.3, 0.4) is 0 Å². The number of hydrogen-bond acceptors (Lipinski definition) is 0. The van der Waals surface area contributed by atoms with Crippen molar-refractivity contribution < 1.29 is 41.5 Å². The maximum atomic E-state index is 12.1. The van der Waals surface area contributed by atoms with Crippen molar-refractivity contribution in [3.63, 3.8) is 0 Å². The van der Waals surface area contributed by atoms with Crippen molar-refractivity contribution in [2.45, 2.75) is 31.2 Å². The molecule has 1 unspecified atom stereocenters. The molecular formula is C5H8F2NY-. The zero-order valence-electron chi connectivity index (χ0n) is 5.03. The number of nitrogens with one attached hydrogen (secondary N) is 1. The van der Waals surface area contributed by atoms with E-state index in [1.165, 1.54) is 0 Å². The quantitative estimate of drug-likeness (QED) is 0.584. The fourth-order valence-corrected chi connectivity index (χ4v) is 0.950. The van der Waals surface area contributed by atoms with E-state index in [2.05, 4.69) is 0 Å². The van der Waals surface area contributed by atoms with Crippen LogP contribution in [0.15, 0.2) is 0 Å². The van der Waals surface area contributed by atoms with E-state index in [0.717, 1.165) is 0 Å². The molecule has 1 saturated carbocycles. The first-order chi connectivity index (χ1) is 3.60. The van der Waals surface area contributed by atoms with E-state index in [9.17, 15) is 8.78 Å². The van der Waals surface area contributed by atoms with Crippen LogP contribution in [0, 0.1) is 0 Å². The van der Waals surface area contributed by atoms with E-state index in [1.807, 2.05) is 0 Å². The standard InChI is InChI=1S/C5H8F2N.Y/c6-5(7)2-1-4(8)3-5;/h4,8H,1-3H2;/q-1;. The SMILES string of the molecule is [NH-]C1CCC(F)(F)C1.[Y]. The van der Waals surface area contributed by atoms with Gasteiger partial charge in [0.25, 0.3) is 0 Å². The summed E-state index contributed by atoms with van der Waals surface area (Å²) < 4.78 is 24.1. The largest absolute Gasteiger partial charge is 0.674 e. The zero-order valence-corrected chi connectivity index (χ0v) is 7.87. The molecule has 1 rings (SSSR count). The van der Waals surface area contributed by atoms with Crippen molar-refractivity contribution in [1.82, 2.24) is 0 Å². The van der Waals surface area contributed by atoms with Crippen LogP contribution in [-0.2, 0) is 32.7 Å². The van der Waals surface area contributed by atoms with Crippen LogP contribution in [0.4, 0.5) is 8.78 Å². The number of rotatable bonds is 0. The monoisotopic (exact) mass is 209 g/mol. The van der Waals surface area contributed by atoms with Gasteiger partial charge >= 0.3 is 0 Å². The predicted molar refractivity (Wildman–Crippen MR) is 26.9 cm³/mol. The van der Waals surface area contributed by atoms with Gasteiger partial charge in [0, 0.05) is 39.1 Å². The molecule has 0 aliphatic heterocycles. The van der Waals surface area contributed by atoms with Gasteiger partial charge in [0.05, 0.1) is 0 Å². The Morgan fingerprint density at radius 3 is 2.11 bits per heavy atom. The third-order valence-corrected chi connectivity index (χ3v) is 1.40. The Labute approximate surface area is 78.2 Å². The molecule has 0 aromatic carbocycles. The number of alkyl halides is 2. The minimum atomic E-state index is -2.52. The van der Waals surface area contributed by atoms with Crippen LogP contribution < -0.4 is 0 Å². The summed E-state index contributed by atoms with van der Waals surface area (Å²) in [4.78, 5) is 0. The molecule has 0 aromatic heterocycles. The van der Waals surface area contributed by atoms with E-state index in [1.54, 1.807) is 0 Å². The molecule has 1 fully saturated rings. The first-order valence-corrected chi connectivity index (χ1v) is 2.69. The summed E-state index contributed by atoms with van der Waals surface area (Å²) in [5.74, 6) is -2.52. The van der Waals surface area contributed by atoms with E-state index in [-0.39, 0.29) is 45.6 Å². The molecule has 9 heavy (non-hydrogen) atoms. The molecule has 1 nitrogen and oxygen atoms in total. The molecule has 0 amide bonds. The average molecular weight is 209 g/mol. The first kappa shape index (κ1) is 9.92. The minimum absolute atomic E-state index is 0. The zero-order chi connectivity index (χ0) is 6.20. The van der Waals surface area contributed by atoms with Gasteiger partial charge < -0.3 is 5.73 Å². The fraction of sp³-hybridized carbons (Fsp3) is 1.00. The molecule has 1 radical (unpaired) electrons. The maximum absolute atomic E-state index is 12.1. The van der Waals surface area contributed by atoms with Gasteiger partial charge in [-0.2, -0.15) is 0 Å². The summed E-state index contributed by atoms with van der Waals surface area (Å²) in [5.41, 5.74) is 6.91. The Hall–Kier alpha value is 0.924. The van der Waals surface area contributed by atoms with Crippen LogP contribution in [0.5, 0.6) is 0 Å². The van der Waals surface area contributed by atoms with Crippen molar-refractivity contribution in [2.75, 3.05) is 0 Å². The Balaban J connectivity index is 0.000000640. The van der Waals surface area contributed by atoms with Crippen molar-refractivity contribution in [3.05, 3.63) is 5.73 Å². The van der Waals surface area contributed by atoms with Crippen LogP contribution in [0.1, 0.15) is 19.3 Å². The van der Waals surface area contributed by atoms with E-state index >= 15 is 0 Å². The fourth-order valence-electron chi connectivity index (χ4n) is 0.950. The third-order valence-electron chi connectivity index (χ3n) is 1.40. The summed E-state index contributed by atoms with van der Waals surface area (Å²) in [6.07, 6.45) is 0.0567. The summed E-state index contributed by atoms with van der Waals surface area (Å²) in [6.45, 7) is 0. The Kier molecular flexibility index (Phi) is 3.70. The second-order valence-corrected chi connectivity index (χ2v) is 2.30. The smallest absolute Gasteiger partial charge is 0.246 e. The van der Waals surface area contributed by atoms with Gasteiger partial charge in [0.15, 0.2) is 0 Å². The third kappa shape index (κ3) is 3.01. The second kappa shape index (κ2) is 3.35. The van der Waals surface area contributed by atoms with Gasteiger partial charge in [-0.05, 0) is 6.42 Å². The van der Waals surface area contributed by atoms with Crippen molar-refractivity contribution in [3.8, 4) is 0 Å². The number of halogens is 2. The average Bonchev–Trinajstić information content (AvgIpc) is 1.82. The molecule has 0 bridgehead atoms. The molecule has 1 aliphatic carbocycles. The van der Waals surface area contributed by atoms with Gasteiger partial charge in [0.1, 0.15) is 0 Å². The summed E-state index contributed by atoms with van der Waals surface area (Å²) >= 11 is 0. The summed E-state index contributed by atoms with van der Waals surface area (Å²) in [6, 6.07) is -0.509. The first-order valence-electron chi connectivity index (χ1n) is 2.69. The van der Waals surface area contributed by atoms with Gasteiger partial charge in [-0.25, -0.2) is 8.78 Å². The summed E-state index contributed by atoms with van der Waals surface area (Å²) in [7, 11) is 0. The van der Waals surface area contributed by atoms with Crippen molar-refractivity contribution >= 4 is 0 Å². The van der Waals surface area contributed by atoms with E-state index in [4.69, 9.17) is 5.73 Å². The van der Waals surface area contributed by atoms with E-state index in [0.29, 0.717) is 6.42 Å². The van der Waals surface area contributed by atoms with Gasteiger partial charge in [-0.3, -0.25) is 0 Å². The Bertz CT molecular complexity index is 97.0. The molecule has 51 valence electrons. The summed E-state index contributed by atoms with van der Waals surface area (Å²) in [5, 5.41) is 0. The Morgan fingerprint density at radius 1 is 1.44 bits per heavy atom. The molecule has 0 aromatic rings. The molecule has 0 spiro atoms. The van der Waals surface area contributed by atoms with E-state index < -0.39 is 12.0 Å². The topological polar surface area (TPSA) is 23.8 Å². The molecule has 1 aliphatic rings. The van der Waals surface area contributed by atoms with Gasteiger partial charge in [0.2, 0.25) is 5.92 Å². The van der Waals surface area contributed by atoms with Crippen LogP contribution in [0.2, 0.25) is 0 Å². The second-order valence-electron chi connectivity index (χ2n) is 2.30. The van der Waals surface area contributed by atoms with Crippen molar-refractivity contribution in [2.24, 2.45) is 0 Å². The maximum Gasteiger partial charge on any atom is 0.246 e. The molecule has 1 atom stereocenters. The van der Waals surface area contributed by atoms with Crippen LogP contribution in [-0.4, -0.2) is 12.0 Å². The molecule has 4 heteroatoms. The molecule has 0 saturated heterocycles. The van der Waals surface area contributed by atoms with Crippen LogP contribution >= 0.6 is 0 Å². The van der Waals surface area contributed by atoms with Crippen molar-refractivity contribution in [1.29, 1.82) is 0 Å². The minimum Gasteiger partial charge on any atom is -0.674 e. The number of hydrogen-bond donors (Lipinski definition) is 0. The van der Waals surface area contributed by atoms with Crippen LogP contribution in [0.25, 0.3) is 5.73 Å². The Morgan fingerprint density at radius 2 is 2.00 bits per heavy atom. The normalized spacial score (nSPS) is 31.7. The van der Waals surface area contributed by atoms with Gasteiger partial charge in [-0.15, -0.1) is 6.04 Å². The molecular weight excluding hydrogens is 201 g/mol.